The summed E-state index contributed by atoms with van der Waals surface area (Å²) in [5.41, 5.74) is 0.211. The van der Waals surface area contributed by atoms with E-state index in [0.29, 0.717) is 19.4 Å². The number of hydrogen-bond donors (Lipinski definition) is 3. The van der Waals surface area contributed by atoms with Gasteiger partial charge in [-0.1, -0.05) is 5.21 Å². The number of hydrogen-bond acceptors (Lipinski definition) is 6. The minimum atomic E-state index is -0.366. The molecule has 0 bridgehead atoms. The Morgan fingerprint density at radius 1 is 1.23 bits per heavy atom. The number of amides is 2. The predicted octanol–water partition coefficient (Wildman–Crippen LogP) is -0.285. The molecule has 2 heterocycles. The summed E-state index contributed by atoms with van der Waals surface area (Å²) >= 11 is 0. The molecular formula is C17H27N5O4. The van der Waals surface area contributed by atoms with E-state index >= 15 is 0 Å². The van der Waals surface area contributed by atoms with Gasteiger partial charge in [0.1, 0.15) is 0 Å². The standard InChI is InChI=1S/C17H27N5O4/c23-9-7-18-16(25)15-11-22(20-19-15)13-2-1-8-21(10-13)17(26)12-3-5-14(24)6-4-12/h11-14,23-24H,1-10H2,(H,18,25). The Balaban J connectivity index is 1.59. The number of carbonyl (C=O) groups excluding carboxylic acids is 2. The van der Waals surface area contributed by atoms with Gasteiger partial charge >= 0.3 is 0 Å². The average Bonchev–Trinajstić information content (AvgIpc) is 3.16. The van der Waals surface area contributed by atoms with E-state index in [1.165, 1.54) is 0 Å². The van der Waals surface area contributed by atoms with Crippen LogP contribution in [0.5, 0.6) is 0 Å². The summed E-state index contributed by atoms with van der Waals surface area (Å²) in [5, 5.41) is 28.9. The molecule has 0 spiro atoms. The van der Waals surface area contributed by atoms with Gasteiger partial charge in [-0.3, -0.25) is 9.59 Å². The molecule has 1 aliphatic heterocycles. The summed E-state index contributed by atoms with van der Waals surface area (Å²) in [6.07, 6.45) is 6.00. The zero-order valence-electron chi connectivity index (χ0n) is 14.9. The molecule has 26 heavy (non-hydrogen) atoms. The van der Waals surface area contributed by atoms with Crippen LogP contribution in [0, 0.1) is 5.92 Å². The largest absolute Gasteiger partial charge is 0.395 e. The Hall–Kier alpha value is -2.00. The van der Waals surface area contributed by atoms with Crippen LogP contribution in [0.25, 0.3) is 0 Å². The average molecular weight is 365 g/mol. The SMILES string of the molecule is O=C(NCCO)c1cn(C2CCCN(C(=O)C3CCC(O)CC3)C2)nn1. The summed E-state index contributed by atoms with van der Waals surface area (Å²) in [6.45, 7) is 1.36. The summed E-state index contributed by atoms with van der Waals surface area (Å²) in [6, 6.07) is 0.00812. The zero-order valence-corrected chi connectivity index (χ0v) is 14.9. The maximum atomic E-state index is 12.8. The highest BCUT2D eigenvalue weighted by Gasteiger charge is 2.32. The monoisotopic (exact) mass is 365 g/mol. The number of piperidine rings is 1. The van der Waals surface area contributed by atoms with E-state index in [1.54, 1.807) is 10.9 Å². The van der Waals surface area contributed by atoms with Gasteiger partial charge in [0, 0.05) is 25.6 Å². The van der Waals surface area contributed by atoms with Gasteiger partial charge in [0.15, 0.2) is 5.69 Å². The first-order valence-electron chi connectivity index (χ1n) is 9.36. The second-order valence-electron chi connectivity index (χ2n) is 7.15. The van der Waals surface area contributed by atoms with E-state index < -0.39 is 0 Å². The first kappa shape index (κ1) is 18.8. The lowest BCUT2D eigenvalue weighted by Gasteiger charge is -2.36. The molecule has 0 radical (unpaired) electrons. The van der Waals surface area contributed by atoms with Crippen molar-refractivity contribution in [1.29, 1.82) is 0 Å². The number of rotatable bonds is 5. The molecule has 9 heteroatoms. The number of nitrogens with one attached hydrogen (secondary N) is 1. The fraction of sp³-hybridized carbons (Fsp3) is 0.765. The molecule has 1 atom stereocenters. The highest BCUT2D eigenvalue weighted by Crippen LogP contribution is 2.28. The van der Waals surface area contributed by atoms with Crippen molar-refractivity contribution in [2.24, 2.45) is 5.92 Å². The Kier molecular flexibility index (Phi) is 6.20. The van der Waals surface area contributed by atoms with E-state index in [-0.39, 0.29) is 48.7 Å². The second-order valence-corrected chi connectivity index (χ2v) is 7.15. The van der Waals surface area contributed by atoms with Crippen molar-refractivity contribution in [2.75, 3.05) is 26.2 Å². The Morgan fingerprint density at radius 3 is 2.73 bits per heavy atom. The first-order valence-corrected chi connectivity index (χ1v) is 9.36. The Morgan fingerprint density at radius 2 is 2.00 bits per heavy atom. The molecule has 3 N–H and O–H groups in total. The minimum absolute atomic E-state index is 0.00715. The molecule has 144 valence electrons. The molecule has 1 aliphatic carbocycles. The third-order valence-electron chi connectivity index (χ3n) is 5.27. The van der Waals surface area contributed by atoms with E-state index in [0.717, 1.165) is 32.2 Å². The van der Waals surface area contributed by atoms with Crippen LogP contribution < -0.4 is 5.32 Å². The number of carbonyl (C=O) groups is 2. The molecule has 2 fully saturated rings. The molecule has 3 rings (SSSR count). The van der Waals surface area contributed by atoms with Gasteiger partial charge in [0.25, 0.3) is 5.91 Å². The van der Waals surface area contributed by atoms with Crippen molar-refractivity contribution in [2.45, 2.75) is 50.7 Å². The summed E-state index contributed by atoms with van der Waals surface area (Å²) in [7, 11) is 0. The van der Waals surface area contributed by atoms with Crippen molar-refractivity contribution in [3.8, 4) is 0 Å². The molecular weight excluding hydrogens is 338 g/mol. The van der Waals surface area contributed by atoms with Gasteiger partial charge in [-0.15, -0.1) is 5.10 Å². The highest BCUT2D eigenvalue weighted by molar-refractivity contribution is 5.91. The Labute approximate surface area is 152 Å². The van der Waals surface area contributed by atoms with Crippen molar-refractivity contribution >= 4 is 11.8 Å². The maximum absolute atomic E-state index is 12.8. The van der Waals surface area contributed by atoms with Crippen molar-refractivity contribution in [3.05, 3.63) is 11.9 Å². The fourth-order valence-corrected chi connectivity index (χ4v) is 3.77. The van der Waals surface area contributed by atoms with Crippen LogP contribution in [0.2, 0.25) is 0 Å². The van der Waals surface area contributed by atoms with Crippen LogP contribution in [0.1, 0.15) is 55.1 Å². The van der Waals surface area contributed by atoms with E-state index in [2.05, 4.69) is 15.6 Å². The van der Waals surface area contributed by atoms with E-state index in [4.69, 9.17) is 5.11 Å². The molecule has 9 nitrogen and oxygen atoms in total. The number of nitrogens with zero attached hydrogens (tertiary/aromatic N) is 4. The molecule has 2 aliphatic rings. The van der Waals surface area contributed by atoms with Crippen LogP contribution in [-0.4, -0.2) is 74.3 Å². The normalized spacial score (nSPS) is 26.5. The molecule has 1 unspecified atom stereocenters. The van der Waals surface area contributed by atoms with Crippen LogP contribution >= 0.6 is 0 Å². The Bertz CT molecular complexity index is 626. The van der Waals surface area contributed by atoms with Gasteiger partial charge < -0.3 is 20.4 Å². The van der Waals surface area contributed by atoms with Crippen LogP contribution in [0.4, 0.5) is 0 Å². The maximum Gasteiger partial charge on any atom is 0.273 e. The topological polar surface area (TPSA) is 121 Å². The third-order valence-corrected chi connectivity index (χ3v) is 5.27. The van der Waals surface area contributed by atoms with Gasteiger partial charge in [0.2, 0.25) is 5.91 Å². The number of aromatic nitrogens is 3. The van der Waals surface area contributed by atoms with Crippen molar-refractivity contribution in [1.82, 2.24) is 25.2 Å². The summed E-state index contributed by atoms with van der Waals surface area (Å²) < 4.78 is 1.66. The van der Waals surface area contributed by atoms with Crippen molar-refractivity contribution < 1.29 is 19.8 Å². The molecule has 1 aromatic heterocycles. The quantitative estimate of drug-likeness (QED) is 0.660. The highest BCUT2D eigenvalue weighted by atomic mass is 16.3. The van der Waals surface area contributed by atoms with Crippen LogP contribution in [-0.2, 0) is 4.79 Å². The lowest BCUT2D eigenvalue weighted by atomic mass is 9.86. The molecule has 1 saturated heterocycles. The number of aliphatic hydroxyl groups excluding tert-OH is 2. The third kappa shape index (κ3) is 4.39. The van der Waals surface area contributed by atoms with Crippen LogP contribution in [0.15, 0.2) is 6.20 Å². The van der Waals surface area contributed by atoms with Crippen LogP contribution in [0.3, 0.4) is 0 Å². The minimum Gasteiger partial charge on any atom is -0.395 e. The molecule has 1 saturated carbocycles. The van der Waals surface area contributed by atoms with Gasteiger partial charge in [-0.25, -0.2) is 4.68 Å². The first-order chi connectivity index (χ1) is 12.6. The molecule has 1 aromatic rings. The van der Waals surface area contributed by atoms with Crippen molar-refractivity contribution in [3.63, 3.8) is 0 Å². The lowest BCUT2D eigenvalue weighted by molar-refractivity contribution is -0.139. The fourth-order valence-electron chi connectivity index (χ4n) is 3.77. The predicted molar refractivity (Wildman–Crippen MR) is 92.3 cm³/mol. The smallest absolute Gasteiger partial charge is 0.273 e. The molecule has 0 aromatic carbocycles. The lowest BCUT2D eigenvalue weighted by Crippen LogP contribution is -2.44. The summed E-state index contributed by atoms with van der Waals surface area (Å²) in [5.74, 6) is -0.190. The molecule has 2 amide bonds. The van der Waals surface area contributed by atoms with Gasteiger partial charge in [-0.05, 0) is 38.5 Å². The number of aliphatic hydroxyl groups is 2. The number of likely N-dealkylation sites (tertiary alicyclic amines) is 1. The zero-order chi connectivity index (χ0) is 18.5. The van der Waals surface area contributed by atoms with E-state index in [9.17, 15) is 14.7 Å². The van der Waals surface area contributed by atoms with Gasteiger partial charge in [0.05, 0.1) is 24.9 Å². The summed E-state index contributed by atoms with van der Waals surface area (Å²) in [4.78, 5) is 26.6. The van der Waals surface area contributed by atoms with E-state index in [1.807, 2.05) is 4.90 Å². The second kappa shape index (κ2) is 8.59. The van der Waals surface area contributed by atoms with Gasteiger partial charge in [-0.2, -0.15) is 0 Å².